The van der Waals surface area contributed by atoms with Gasteiger partial charge >= 0.3 is 5.97 Å². The van der Waals surface area contributed by atoms with Crippen LogP contribution in [-0.2, 0) is 6.42 Å². The van der Waals surface area contributed by atoms with Crippen molar-refractivity contribution >= 4 is 5.97 Å². The smallest absolute Gasteiger partial charge is 0.335 e. The molecule has 1 aromatic carbocycles. The Bertz CT molecular complexity index is 388. The second-order valence-electron chi connectivity index (χ2n) is 4.09. The van der Waals surface area contributed by atoms with Crippen LogP contribution >= 0.6 is 0 Å². The number of rotatable bonds is 7. The Balaban J connectivity index is 2.56. The Morgan fingerprint density at radius 1 is 1.41 bits per heavy atom. The fourth-order valence-electron chi connectivity index (χ4n) is 1.68. The van der Waals surface area contributed by atoms with E-state index in [1.54, 1.807) is 12.1 Å². The molecular formula is C14H19NO2. The third-order valence-corrected chi connectivity index (χ3v) is 2.73. The van der Waals surface area contributed by atoms with Crippen LogP contribution in [0.4, 0.5) is 0 Å². The highest BCUT2D eigenvalue weighted by molar-refractivity contribution is 5.89. The van der Waals surface area contributed by atoms with Crippen LogP contribution in [0.1, 0.15) is 22.3 Å². The van der Waals surface area contributed by atoms with Crippen molar-refractivity contribution in [2.75, 3.05) is 20.1 Å². The lowest BCUT2D eigenvalue weighted by molar-refractivity contribution is 0.0695. The van der Waals surface area contributed by atoms with E-state index in [0.717, 1.165) is 31.5 Å². The van der Waals surface area contributed by atoms with E-state index < -0.39 is 5.97 Å². The van der Waals surface area contributed by atoms with E-state index in [2.05, 4.69) is 11.5 Å². The number of hydrogen-bond donors (Lipinski definition) is 1. The molecule has 3 heteroatoms. The summed E-state index contributed by atoms with van der Waals surface area (Å²) < 4.78 is 0. The fraction of sp³-hybridized carbons (Fsp3) is 0.357. The molecule has 92 valence electrons. The molecule has 0 fully saturated rings. The number of aromatic carboxylic acids is 1. The van der Waals surface area contributed by atoms with Crippen molar-refractivity contribution in [2.45, 2.75) is 12.8 Å². The van der Waals surface area contributed by atoms with Crippen molar-refractivity contribution in [1.29, 1.82) is 0 Å². The van der Waals surface area contributed by atoms with E-state index in [9.17, 15) is 4.79 Å². The van der Waals surface area contributed by atoms with E-state index in [1.807, 2.05) is 25.3 Å². The second-order valence-corrected chi connectivity index (χ2v) is 4.09. The van der Waals surface area contributed by atoms with Gasteiger partial charge in [0.2, 0.25) is 0 Å². The van der Waals surface area contributed by atoms with Crippen LogP contribution in [0.25, 0.3) is 0 Å². The Labute approximate surface area is 102 Å². The first-order valence-electron chi connectivity index (χ1n) is 5.75. The van der Waals surface area contributed by atoms with Gasteiger partial charge in [-0.25, -0.2) is 4.79 Å². The first-order valence-corrected chi connectivity index (χ1v) is 5.75. The molecule has 3 nitrogen and oxygen atoms in total. The van der Waals surface area contributed by atoms with Gasteiger partial charge in [0.25, 0.3) is 0 Å². The summed E-state index contributed by atoms with van der Waals surface area (Å²) in [5.74, 6) is -0.852. The van der Waals surface area contributed by atoms with E-state index in [1.165, 1.54) is 0 Å². The Kier molecular flexibility index (Phi) is 5.43. The average Bonchev–Trinajstić information content (AvgIpc) is 2.34. The Morgan fingerprint density at radius 2 is 2.12 bits per heavy atom. The number of carbonyl (C=O) groups is 1. The van der Waals surface area contributed by atoms with Gasteiger partial charge in [0, 0.05) is 13.1 Å². The summed E-state index contributed by atoms with van der Waals surface area (Å²) in [6.45, 7) is 5.50. The SMILES string of the molecule is C=CCCN(C)CCc1ccccc1C(=O)O. The van der Waals surface area contributed by atoms with Gasteiger partial charge in [-0.05, 0) is 31.5 Å². The van der Waals surface area contributed by atoms with Crippen LogP contribution in [-0.4, -0.2) is 36.1 Å². The zero-order chi connectivity index (χ0) is 12.7. The lowest BCUT2D eigenvalue weighted by atomic mass is 10.0. The number of carboxylic acid groups (broad SMARTS) is 1. The fourth-order valence-corrected chi connectivity index (χ4v) is 1.68. The molecule has 0 heterocycles. The van der Waals surface area contributed by atoms with Gasteiger partial charge in [0.1, 0.15) is 0 Å². The van der Waals surface area contributed by atoms with E-state index >= 15 is 0 Å². The maximum Gasteiger partial charge on any atom is 0.335 e. The minimum atomic E-state index is -0.852. The van der Waals surface area contributed by atoms with Crippen molar-refractivity contribution in [2.24, 2.45) is 0 Å². The summed E-state index contributed by atoms with van der Waals surface area (Å²) >= 11 is 0. The molecule has 0 unspecified atom stereocenters. The van der Waals surface area contributed by atoms with Crippen molar-refractivity contribution < 1.29 is 9.90 Å². The molecule has 1 rings (SSSR count). The zero-order valence-corrected chi connectivity index (χ0v) is 10.2. The van der Waals surface area contributed by atoms with Crippen LogP contribution in [0, 0.1) is 0 Å². The summed E-state index contributed by atoms with van der Waals surface area (Å²) in [7, 11) is 2.03. The van der Waals surface area contributed by atoms with Crippen molar-refractivity contribution in [3.05, 3.63) is 48.0 Å². The Morgan fingerprint density at radius 3 is 2.76 bits per heavy atom. The minimum absolute atomic E-state index is 0.407. The molecule has 0 aliphatic rings. The molecule has 0 aliphatic carbocycles. The zero-order valence-electron chi connectivity index (χ0n) is 10.2. The molecule has 0 aliphatic heterocycles. The third-order valence-electron chi connectivity index (χ3n) is 2.73. The van der Waals surface area contributed by atoms with Gasteiger partial charge in [-0.3, -0.25) is 0 Å². The maximum atomic E-state index is 11.0. The van der Waals surface area contributed by atoms with Crippen LogP contribution in [0.15, 0.2) is 36.9 Å². The van der Waals surface area contributed by atoms with Crippen LogP contribution in [0.5, 0.6) is 0 Å². The van der Waals surface area contributed by atoms with Crippen molar-refractivity contribution in [1.82, 2.24) is 4.90 Å². The quantitative estimate of drug-likeness (QED) is 0.735. The monoisotopic (exact) mass is 233 g/mol. The number of benzene rings is 1. The third kappa shape index (κ3) is 4.41. The number of hydrogen-bond acceptors (Lipinski definition) is 2. The molecule has 0 atom stereocenters. The molecule has 1 N–H and O–H groups in total. The van der Waals surface area contributed by atoms with E-state index in [-0.39, 0.29) is 0 Å². The van der Waals surface area contributed by atoms with Gasteiger partial charge < -0.3 is 10.0 Å². The molecule has 1 aromatic rings. The maximum absolute atomic E-state index is 11.0. The number of likely N-dealkylation sites (N-methyl/N-ethyl adjacent to an activating group) is 1. The predicted octanol–water partition coefficient (Wildman–Crippen LogP) is 2.44. The first-order chi connectivity index (χ1) is 8.15. The summed E-state index contributed by atoms with van der Waals surface area (Å²) in [6, 6.07) is 7.17. The molecule has 0 radical (unpaired) electrons. The number of carboxylic acids is 1. The molecule has 0 saturated carbocycles. The van der Waals surface area contributed by atoms with Crippen molar-refractivity contribution in [3.8, 4) is 0 Å². The minimum Gasteiger partial charge on any atom is -0.478 e. The molecule has 0 amide bonds. The summed E-state index contributed by atoms with van der Waals surface area (Å²) in [5.41, 5.74) is 1.30. The van der Waals surface area contributed by atoms with Gasteiger partial charge in [-0.15, -0.1) is 6.58 Å². The topological polar surface area (TPSA) is 40.5 Å². The summed E-state index contributed by atoms with van der Waals surface area (Å²) in [5, 5.41) is 9.05. The molecule has 0 bridgehead atoms. The van der Waals surface area contributed by atoms with E-state index in [4.69, 9.17) is 5.11 Å². The molecule has 0 aromatic heterocycles. The lowest BCUT2D eigenvalue weighted by Crippen LogP contribution is -2.22. The molecule has 0 spiro atoms. The van der Waals surface area contributed by atoms with E-state index in [0.29, 0.717) is 5.56 Å². The van der Waals surface area contributed by atoms with Crippen LogP contribution < -0.4 is 0 Å². The largest absolute Gasteiger partial charge is 0.478 e. The lowest BCUT2D eigenvalue weighted by Gasteiger charge is -2.16. The highest BCUT2D eigenvalue weighted by Crippen LogP contribution is 2.10. The van der Waals surface area contributed by atoms with Gasteiger partial charge in [0.15, 0.2) is 0 Å². The molecule has 17 heavy (non-hydrogen) atoms. The summed E-state index contributed by atoms with van der Waals surface area (Å²) in [6.07, 6.45) is 3.61. The van der Waals surface area contributed by atoms with Gasteiger partial charge in [0.05, 0.1) is 5.56 Å². The standard InChI is InChI=1S/C14H19NO2/c1-3-4-10-15(2)11-9-12-7-5-6-8-13(12)14(16)17/h3,5-8H,1,4,9-11H2,2H3,(H,16,17). The van der Waals surface area contributed by atoms with Crippen molar-refractivity contribution in [3.63, 3.8) is 0 Å². The normalized spacial score (nSPS) is 10.5. The highest BCUT2D eigenvalue weighted by Gasteiger charge is 2.09. The second kappa shape index (κ2) is 6.86. The first kappa shape index (κ1) is 13.5. The predicted molar refractivity (Wildman–Crippen MR) is 69.4 cm³/mol. The van der Waals surface area contributed by atoms with Crippen LogP contribution in [0.3, 0.4) is 0 Å². The molecular weight excluding hydrogens is 214 g/mol. The highest BCUT2D eigenvalue weighted by atomic mass is 16.4. The van der Waals surface area contributed by atoms with Gasteiger partial charge in [-0.1, -0.05) is 24.3 Å². The number of nitrogens with zero attached hydrogens (tertiary/aromatic N) is 1. The van der Waals surface area contributed by atoms with Gasteiger partial charge in [-0.2, -0.15) is 0 Å². The Hall–Kier alpha value is -1.61. The van der Waals surface area contributed by atoms with Crippen LogP contribution in [0.2, 0.25) is 0 Å². The molecule has 0 saturated heterocycles. The summed E-state index contributed by atoms with van der Waals surface area (Å²) in [4.78, 5) is 13.2. The average molecular weight is 233 g/mol.